The van der Waals surface area contributed by atoms with E-state index in [0.717, 1.165) is 30.2 Å². The van der Waals surface area contributed by atoms with Crippen LogP contribution in [-0.4, -0.2) is 210 Å². The van der Waals surface area contributed by atoms with Gasteiger partial charge in [0, 0.05) is 81.8 Å². The molecule has 1 fully saturated rings. The summed E-state index contributed by atoms with van der Waals surface area (Å²) in [7, 11) is 0. The standard InChI is InChI=1S/C76H122N16O16/c1-3-5-7-8-9-10-11-12-13-14-18-31-66(95)82-40-42-105-44-46-107-51-67(96)83-41-43-106-45-47-108-52-68(97)86-59(27-6-4-2)70(99)89-61-33-32-55(93)36-39-81-37-22-21-29-58(69(78)98)87-75(104)64(49-54-50-85-57-28-20-19-26-56(54)57)92-71(100)60(30-23-38-84-76(79)80)88-74(103)63(48-53-24-16-15-17-25-53)91-73(102)62(90-72(61)101)34-35-65(77)94/h15-17,19-20,24-26,28,50,58-64,81,85H,3-14,18,21-23,27,29-49,51-52H2,1-2H3,(H2,77,94)(H2,78,98)(H,82,95)(H,83,96)(H,86,97)(H,87,104)(H,88,103)(H,89,99)(H,90,101)(H,91,102)(H,92,100)(H4,79,80,84)/t58-,59-,60-,61-,62-,63+,64-/m0/s1. The monoisotopic (exact) mass is 1510 g/mol. The fourth-order valence-electron chi connectivity index (χ4n) is 12.0. The molecule has 108 heavy (non-hydrogen) atoms. The fraction of sp³-hybridized carbons (Fsp3) is 0.645. The van der Waals surface area contributed by atoms with E-state index in [1.54, 1.807) is 36.5 Å². The van der Waals surface area contributed by atoms with Crippen LogP contribution < -0.4 is 75.7 Å². The third-order valence-corrected chi connectivity index (χ3v) is 18.1. The first-order valence-corrected chi connectivity index (χ1v) is 38.6. The predicted molar refractivity (Wildman–Crippen MR) is 408 cm³/mol. The maximum atomic E-state index is 14.9. The number of para-hydroxylation sites is 1. The molecule has 4 rings (SSSR count). The quantitative estimate of drug-likeness (QED) is 0.0219. The van der Waals surface area contributed by atoms with E-state index in [9.17, 15) is 57.5 Å². The number of guanidine groups is 1. The summed E-state index contributed by atoms with van der Waals surface area (Å²) < 4.78 is 22.0. The van der Waals surface area contributed by atoms with Crippen molar-refractivity contribution in [3.8, 4) is 0 Å². The number of hydrogen-bond acceptors (Lipinski definition) is 18. The minimum atomic E-state index is -1.61. The first-order valence-electron chi connectivity index (χ1n) is 38.6. The molecule has 32 heteroatoms. The number of amides is 11. The van der Waals surface area contributed by atoms with Gasteiger partial charge < -0.3 is 99.6 Å². The summed E-state index contributed by atoms with van der Waals surface area (Å²) in [4.78, 5) is 168. The minimum absolute atomic E-state index is 0.00924. The molecular weight excluding hydrogens is 1390 g/mol. The molecule has 0 radical (unpaired) electrons. The lowest BCUT2D eigenvalue weighted by atomic mass is 10.0. The number of ether oxygens (including phenoxy) is 4. The molecule has 7 atom stereocenters. The van der Waals surface area contributed by atoms with Crippen LogP contribution in [0.1, 0.15) is 185 Å². The number of unbranched alkanes of at least 4 members (excludes halogenated alkanes) is 11. The average Bonchev–Trinajstić information content (AvgIpc) is 1.64. The van der Waals surface area contributed by atoms with Crippen LogP contribution in [-0.2, 0) is 89.3 Å². The highest BCUT2D eigenvalue weighted by Gasteiger charge is 2.35. The zero-order chi connectivity index (χ0) is 78.5. The molecule has 0 spiro atoms. The maximum Gasteiger partial charge on any atom is 0.246 e. The molecule has 3 aromatic rings. The van der Waals surface area contributed by atoms with Crippen molar-refractivity contribution in [1.29, 1.82) is 5.41 Å². The van der Waals surface area contributed by atoms with Crippen molar-refractivity contribution in [2.45, 2.75) is 230 Å². The van der Waals surface area contributed by atoms with Crippen molar-refractivity contribution >= 4 is 87.6 Å². The summed E-state index contributed by atoms with van der Waals surface area (Å²) >= 11 is 0. The summed E-state index contributed by atoms with van der Waals surface area (Å²) in [5.74, 6) is -8.58. The van der Waals surface area contributed by atoms with Gasteiger partial charge >= 0.3 is 0 Å². The first kappa shape index (κ1) is 91.3. The SMILES string of the molecule is CCCCCCCCCCCCCC(=O)NCCOCCOCC(=O)NCCOCCOCC(=O)N[C@@H](CCCC)C(=O)N[C@H]1CCC(=O)CCNCCCC[C@@H](C(N)=O)NC(=O)[C@H](Cc2c[nH]c3ccccc23)NC(=O)[C@H](CCCNC(=N)N)NC(=O)[C@@H](Cc2ccccc2)NC(=O)[C@H](CCC(N)=O)NC1=O. The lowest BCUT2D eigenvalue weighted by molar-refractivity contribution is -0.136. The number of nitrogens with two attached hydrogens (primary N) is 3. The van der Waals surface area contributed by atoms with Crippen molar-refractivity contribution in [3.05, 3.63) is 71.9 Å². The molecule has 2 heterocycles. The maximum absolute atomic E-state index is 14.9. The Bertz CT molecular complexity index is 3230. The van der Waals surface area contributed by atoms with Gasteiger partial charge in [0.1, 0.15) is 61.3 Å². The van der Waals surface area contributed by atoms with Crippen LogP contribution in [0.25, 0.3) is 10.9 Å². The zero-order valence-electron chi connectivity index (χ0n) is 63.4. The predicted octanol–water partition coefficient (Wildman–Crippen LogP) is 2.06. The summed E-state index contributed by atoms with van der Waals surface area (Å²) in [5, 5.41) is 38.8. The van der Waals surface area contributed by atoms with E-state index in [-0.39, 0.29) is 141 Å². The Hall–Kier alpha value is -9.11. The van der Waals surface area contributed by atoms with Crippen molar-refractivity contribution in [1.82, 2.24) is 63.5 Å². The number of hydrogen-bond donors (Lipinski definition) is 16. The second-order valence-electron chi connectivity index (χ2n) is 27.2. The van der Waals surface area contributed by atoms with Crippen LogP contribution in [0, 0.1) is 5.41 Å². The van der Waals surface area contributed by atoms with Crippen LogP contribution in [0.5, 0.6) is 0 Å². The molecule has 19 N–H and O–H groups in total. The van der Waals surface area contributed by atoms with Gasteiger partial charge in [-0.25, -0.2) is 0 Å². The number of aromatic amines is 1. The number of aromatic nitrogens is 1. The van der Waals surface area contributed by atoms with Gasteiger partial charge in [-0.1, -0.05) is 139 Å². The molecule has 0 aliphatic carbocycles. The number of rotatable bonds is 46. The van der Waals surface area contributed by atoms with E-state index >= 15 is 0 Å². The van der Waals surface area contributed by atoms with Gasteiger partial charge in [0.2, 0.25) is 65.0 Å². The molecule has 32 nitrogen and oxygen atoms in total. The number of H-pyrrole nitrogens is 1. The Morgan fingerprint density at radius 1 is 0.528 bits per heavy atom. The number of benzene rings is 2. The molecule has 602 valence electrons. The number of nitrogens with one attached hydrogen (secondary N) is 13. The zero-order valence-corrected chi connectivity index (χ0v) is 63.4. The molecule has 1 aliphatic heterocycles. The van der Waals surface area contributed by atoms with Gasteiger partial charge in [-0.3, -0.25) is 62.9 Å². The summed E-state index contributed by atoms with van der Waals surface area (Å²) in [5.41, 5.74) is 19.0. The molecular formula is C76H122N16O16. The summed E-state index contributed by atoms with van der Waals surface area (Å²) in [6, 6.07) is 6.02. The second kappa shape index (κ2) is 55.3. The average molecular weight is 1520 g/mol. The molecule has 1 aliphatic rings. The number of carbonyl (C=O) groups excluding carboxylic acids is 12. The van der Waals surface area contributed by atoms with Crippen LogP contribution in [0.4, 0.5) is 0 Å². The third-order valence-electron chi connectivity index (χ3n) is 18.1. The van der Waals surface area contributed by atoms with E-state index in [2.05, 4.69) is 70.4 Å². The van der Waals surface area contributed by atoms with E-state index in [1.165, 1.54) is 51.4 Å². The lowest BCUT2D eigenvalue weighted by Crippen LogP contribution is -2.60. The van der Waals surface area contributed by atoms with Gasteiger partial charge in [0.15, 0.2) is 5.96 Å². The fourth-order valence-corrected chi connectivity index (χ4v) is 12.0. The Morgan fingerprint density at radius 2 is 1.09 bits per heavy atom. The van der Waals surface area contributed by atoms with E-state index in [0.29, 0.717) is 62.9 Å². The van der Waals surface area contributed by atoms with Crippen LogP contribution in [0.3, 0.4) is 0 Å². The lowest BCUT2D eigenvalue weighted by Gasteiger charge is -2.28. The Morgan fingerprint density at radius 3 is 1.74 bits per heavy atom. The third kappa shape index (κ3) is 40.2. The van der Waals surface area contributed by atoms with Crippen molar-refractivity contribution in [3.63, 3.8) is 0 Å². The molecule has 1 aromatic heterocycles. The van der Waals surface area contributed by atoms with Gasteiger partial charge in [0.05, 0.1) is 39.6 Å². The van der Waals surface area contributed by atoms with Crippen molar-refractivity contribution < 1.29 is 76.5 Å². The normalized spacial score (nSPS) is 18.6. The van der Waals surface area contributed by atoms with E-state index in [1.807, 2.05) is 31.2 Å². The molecule has 2 aromatic carbocycles. The largest absolute Gasteiger partial charge is 0.377 e. The number of Topliss-reactive ketones (excluding diaryl/α,β-unsaturated/α-hetero) is 1. The molecule has 0 unspecified atom stereocenters. The highest BCUT2D eigenvalue weighted by molar-refractivity contribution is 5.98. The number of fused-ring (bicyclic) bond motifs is 1. The smallest absolute Gasteiger partial charge is 0.246 e. The first-order chi connectivity index (χ1) is 52.2. The minimum Gasteiger partial charge on any atom is -0.377 e. The van der Waals surface area contributed by atoms with Gasteiger partial charge in [-0.05, 0) is 81.5 Å². The molecule has 0 bridgehead atoms. The van der Waals surface area contributed by atoms with Gasteiger partial charge in [-0.15, -0.1) is 0 Å². The number of carbonyl (C=O) groups is 12. The summed E-state index contributed by atoms with van der Waals surface area (Å²) in [6.07, 6.45) is 16.2. The number of primary amides is 2. The van der Waals surface area contributed by atoms with E-state index in [4.69, 9.17) is 41.6 Å². The van der Waals surface area contributed by atoms with Gasteiger partial charge in [0.25, 0.3) is 0 Å². The summed E-state index contributed by atoms with van der Waals surface area (Å²) in [6.45, 7) is 5.56. The highest BCUT2D eigenvalue weighted by atomic mass is 16.5. The van der Waals surface area contributed by atoms with Crippen molar-refractivity contribution in [2.24, 2.45) is 17.2 Å². The van der Waals surface area contributed by atoms with Gasteiger partial charge in [-0.2, -0.15) is 0 Å². The molecule has 0 saturated carbocycles. The van der Waals surface area contributed by atoms with Crippen molar-refractivity contribution in [2.75, 3.05) is 85.6 Å². The topological polar surface area (TPSA) is 492 Å². The molecule has 1 saturated heterocycles. The van der Waals surface area contributed by atoms with Crippen LogP contribution >= 0.6 is 0 Å². The van der Waals surface area contributed by atoms with Crippen LogP contribution in [0.15, 0.2) is 60.8 Å². The van der Waals surface area contributed by atoms with Crippen LogP contribution in [0.2, 0.25) is 0 Å². The van der Waals surface area contributed by atoms with E-state index < -0.39 is 115 Å². The Balaban J connectivity index is 1.40. The Labute approximate surface area is 634 Å². The highest BCUT2D eigenvalue weighted by Crippen LogP contribution is 2.21. The number of ketones is 1. The Kier molecular flexibility index (Phi) is 46.8. The molecule has 11 amide bonds. The second-order valence-corrected chi connectivity index (χ2v) is 27.2.